The van der Waals surface area contributed by atoms with Crippen LogP contribution < -0.4 is 5.32 Å². The summed E-state index contributed by atoms with van der Waals surface area (Å²) >= 11 is 0. The lowest BCUT2D eigenvalue weighted by molar-refractivity contribution is 0.0950. The number of ether oxygens (including phenoxy) is 1. The fourth-order valence-corrected chi connectivity index (χ4v) is 2.98. The minimum atomic E-state index is -0.0728. The predicted molar refractivity (Wildman–Crippen MR) is 92.6 cm³/mol. The number of amides is 1. The third-order valence-corrected chi connectivity index (χ3v) is 4.44. The highest BCUT2D eigenvalue weighted by atomic mass is 16.5. The number of carbonyl (C=O) groups excluding carboxylic acids is 1. The van der Waals surface area contributed by atoms with E-state index in [4.69, 9.17) is 4.74 Å². The van der Waals surface area contributed by atoms with E-state index in [1.807, 2.05) is 18.2 Å². The van der Waals surface area contributed by atoms with Crippen molar-refractivity contribution in [3.63, 3.8) is 0 Å². The number of carbonyl (C=O) groups is 1. The number of rotatable bonds is 6. The molecule has 1 aliphatic heterocycles. The van der Waals surface area contributed by atoms with Gasteiger partial charge in [-0.3, -0.25) is 4.79 Å². The molecule has 1 atom stereocenters. The first-order chi connectivity index (χ1) is 12.8. The second-order valence-corrected chi connectivity index (χ2v) is 6.24. The number of hydrogen-bond acceptors (Lipinski definition) is 6. The fraction of sp³-hybridized carbons (Fsp3) is 0.353. The first-order valence-electron chi connectivity index (χ1n) is 8.54. The van der Waals surface area contributed by atoms with E-state index in [-0.39, 0.29) is 5.91 Å². The van der Waals surface area contributed by atoms with Crippen LogP contribution in [0.5, 0.6) is 0 Å². The van der Waals surface area contributed by atoms with Gasteiger partial charge in [0.15, 0.2) is 0 Å². The van der Waals surface area contributed by atoms with Gasteiger partial charge in [-0.15, -0.1) is 5.10 Å². The Morgan fingerprint density at radius 2 is 2.35 bits per heavy atom. The van der Waals surface area contributed by atoms with E-state index in [1.54, 1.807) is 18.5 Å². The number of H-pyrrole nitrogens is 1. The van der Waals surface area contributed by atoms with Crippen molar-refractivity contribution in [1.82, 2.24) is 35.7 Å². The summed E-state index contributed by atoms with van der Waals surface area (Å²) in [6.07, 6.45) is 5.52. The van der Waals surface area contributed by atoms with E-state index >= 15 is 0 Å². The van der Waals surface area contributed by atoms with Gasteiger partial charge in [-0.05, 0) is 41.7 Å². The highest BCUT2D eigenvalue weighted by Crippen LogP contribution is 2.21. The molecule has 0 bridgehead atoms. The Labute approximate surface area is 149 Å². The Hall–Kier alpha value is -3.07. The van der Waals surface area contributed by atoms with Gasteiger partial charge in [0.25, 0.3) is 11.9 Å². The standard InChI is InChI=1S/C17H19N7O2/c25-16(18-6-4-12-5-7-26-11-12)14-3-1-2-13(8-14)15-9-19-24(10-15)17-20-22-23-21-17/h1-3,8-10,12H,4-7,11H2,(H,18,25)(H,20,21,22,23)/t12-/m0/s1. The zero-order valence-electron chi connectivity index (χ0n) is 14.1. The quantitative estimate of drug-likeness (QED) is 0.689. The molecule has 0 spiro atoms. The molecule has 2 N–H and O–H groups in total. The molecule has 26 heavy (non-hydrogen) atoms. The second-order valence-electron chi connectivity index (χ2n) is 6.24. The Kier molecular flexibility index (Phi) is 4.69. The maximum atomic E-state index is 12.4. The molecule has 0 saturated carbocycles. The summed E-state index contributed by atoms with van der Waals surface area (Å²) in [7, 11) is 0. The van der Waals surface area contributed by atoms with Crippen molar-refractivity contribution in [3.05, 3.63) is 42.2 Å². The van der Waals surface area contributed by atoms with Gasteiger partial charge in [-0.25, -0.2) is 4.68 Å². The van der Waals surface area contributed by atoms with Crippen LogP contribution in [-0.4, -0.2) is 56.1 Å². The zero-order valence-corrected chi connectivity index (χ0v) is 14.1. The van der Waals surface area contributed by atoms with Gasteiger partial charge in [0.05, 0.1) is 6.20 Å². The molecule has 3 aromatic rings. The van der Waals surface area contributed by atoms with Crippen molar-refractivity contribution < 1.29 is 9.53 Å². The molecule has 9 heteroatoms. The molecule has 1 aliphatic rings. The third kappa shape index (κ3) is 3.62. The van der Waals surface area contributed by atoms with Crippen LogP contribution in [0, 0.1) is 5.92 Å². The molecule has 4 rings (SSSR count). The summed E-state index contributed by atoms with van der Waals surface area (Å²) < 4.78 is 6.88. The summed E-state index contributed by atoms with van der Waals surface area (Å²) in [6, 6.07) is 7.46. The van der Waals surface area contributed by atoms with Crippen LogP contribution in [0.2, 0.25) is 0 Å². The van der Waals surface area contributed by atoms with Crippen LogP contribution in [0.1, 0.15) is 23.2 Å². The number of aromatic amines is 1. The van der Waals surface area contributed by atoms with Crippen molar-refractivity contribution in [2.24, 2.45) is 5.92 Å². The number of nitrogens with zero attached hydrogens (tertiary/aromatic N) is 5. The number of benzene rings is 1. The maximum Gasteiger partial charge on any atom is 0.290 e. The topological polar surface area (TPSA) is 111 Å². The van der Waals surface area contributed by atoms with Crippen LogP contribution in [0.4, 0.5) is 0 Å². The van der Waals surface area contributed by atoms with Gasteiger partial charge in [-0.1, -0.05) is 17.2 Å². The van der Waals surface area contributed by atoms with Gasteiger partial charge in [0.2, 0.25) is 0 Å². The summed E-state index contributed by atoms with van der Waals surface area (Å²) in [5.74, 6) is 0.843. The predicted octanol–water partition coefficient (Wildman–Crippen LogP) is 1.21. The fourth-order valence-electron chi connectivity index (χ4n) is 2.98. The van der Waals surface area contributed by atoms with Crippen LogP contribution >= 0.6 is 0 Å². The third-order valence-electron chi connectivity index (χ3n) is 4.44. The number of tetrazole rings is 1. The van der Waals surface area contributed by atoms with Crippen LogP contribution in [0.15, 0.2) is 36.7 Å². The van der Waals surface area contributed by atoms with Gasteiger partial charge < -0.3 is 10.1 Å². The molecule has 1 saturated heterocycles. The van der Waals surface area contributed by atoms with Crippen LogP contribution in [0.25, 0.3) is 17.1 Å². The van der Waals surface area contributed by atoms with E-state index in [0.29, 0.717) is 24.0 Å². The lowest BCUT2D eigenvalue weighted by atomic mass is 10.0. The monoisotopic (exact) mass is 353 g/mol. The van der Waals surface area contributed by atoms with Crippen molar-refractivity contribution in [1.29, 1.82) is 0 Å². The zero-order chi connectivity index (χ0) is 17.8. The minimum absolute atomic E-state index is 0.0728. The van der Waals surface area contributed by atoms with Crippen molar-refractivity contribution in [2.75, 3.05) is 19.8 Å². The lowest BCUT2D eigenvalue weighted by Gasteiger charge is -2.09. The van der Waals surface area contributed by atoms with Gasteiger partial charge in [-0.2, -0.15) is 10.3 Å². The van der Waals surface area contributed by atoms with E-state index in [9.17, 15) is 4.79 Å². The van der Waals surface area contributed by atoms with Crippen LogP contribution in [0.3, 0.4) is 0 Å². The van der Waals surface area contributed by atoms with Gasteiger partial charge in [0, 0.05) is 37.1 Å². The summed E-state index contributed by atoms with van der Waals surface area (Å²) in [5, 5.41) is 20.9. The second kappa shape index (κ2) is 7.44. The first kappa shape index (κ1) is 16.4. The number of nitrogens with one attached hydrogen (secondary N) is 2. The molecule has 9 nitrogen and oxygen atoms in total. The Morgan fingerprint density at radius 3 is 3.15 bits per heavy atom. The molecule has 1 amide bonds. The Balaban J connectivity index is 1.42. The molecule has 1 aromatic carbocycles. The highest BCUT2D eigenvalue weighted by Gasteiger charge is 2.16. The smallest absolute Gasteiger partial charge is 0.290 e. The Bertz CT molecular complexity index is 869. The summed E-state index contributed by atoms with van der Waals surface area (Å²) in [4.78, 5) is 12.4. The van der Waals surface area contributed by atoms with Crippen molar-refractivity contribution in [2.45, 2.75) is 12.8 Å². The molecule has 2 aromatic heterocycles. The molecule has 134 valence electrons. The van der Waals surface area contributed by atoms with E-state index in [0.717, 1.165) is 37.2 Å². The lowest BCUT2D eigenvalue weighted by Crippen LogP contribution is -2.26. The van der Waals surface area contributed by atoms with Crippen molar-refractivity contribution in [3.8, 4) is 17.1 Å². The van der Waals surface area contributed by atoms with Crippen LogP contribution in [-0.2, 0) is 4.74 Å². The molecule has 1 fully saturated rings. The Morgan fingerprint density at radius 1 is 1.38 bits per heavy atom. The van der Waals surface area contributed by atoms with E-state index in [1.165, 1.54) is 4.68 Å². The van der Waals surface area contributed by atoms with E-state index in [2.05, 4.69) is 31.0 Å². The molecule has 0 radical (unpaired) electrons. The number of hydrogen-bond donors (Lipinski definition) is 2. The summed E-state index contributed by atoms with van der Waals surface area (Å²) in [6.45, 7) is 2.29. The normalized spacial score (nSPS) is 16.7. The molecular weight excluding hydrogens is 334 g/mol. The molecule has 3 heterocycles. The SMILES string of the molecule is O=C(NCC[C@H]1CCOC1)c1cccc(-c2cnn(-c3nn[nH]n3)c2)c1. The summed E-state index contributed by atoms with van der Waals surface area (Å²) in [5.41, 5.74) is 2.39. The molecular formula is C17H19N7O2. The highest BCUT2D eigenvalue weighted by molar-refractivity contribution is 5.95. The molecule has 0 aliphatic carbocycles. The minimum Gasteiger partial charge on any atom is -0.381 e. The number of aromatic nitrogens is 6. The maximum absolute atomic E-state index is 12.4. The van der Waals surface area contributed by atoms with Gasteiger partial charge >= 0.3 is 0 Å². The average molecular weight is 353 g/mol. The largest absolute Gasteiger partial charge is 0.381 e. The van der Waals surface area contributed by atoms with Crippen molar-refractivity contribution >= 4 is 5.91 Å². The van der Waals surface area contributed by atoms with E-state index < -0.39 is 0 Å². The first-order valence-corrected chi connectivity index (χ1v) is 8.54. The molecule has 0 unspecified atom stereocenters. The van der Waals surface area contributed by atoms with Gasteiger partial charge in [0.1, 0.15) is 0 Å². The average Bonchev–Trinajstić information content (AvgIpc) is 3.42.